The summed E-state index contributed by atoms with van der Waals surface area (Å²) in [6.45, 7) is 4.50. The van der Waals surface area contributed by atoms with Crippen molar-refractivity contribution in [1.29, 1.82) is 0 Å². The van der Waals surface area contributed by atoms with E-state index in [-0.39, 0.29) is 0 Å². The van der Waals surface area contributed by atoms with E-state index < -0.39 is 0 Å². The lowest BCUT2D eigenvalue weighted by molar-refractivity contribution is 0.795. The third kappa shape index (κ3) is 3.28. The Hall–Kier alpha value is -2.34. The molecule has 0 aromatic heterocycles. The van der Waals surface area contributed by atoms with E-state index in [0.29, 0.717) is 11.8 Å². The van der Waals surface area contributed by atoms with E-state index in [1.807, 2.05) is 0 Å². The van der Waals surface area contributed by atoms with Crippen LogP contribution in [0.5, 0.6) is 0 Å². The highest BCUT2D eigenvalue weighted by Gasteiger charge is 2.12. The zero-order chi connectivity index (χ0) is 15.4. The monoisotopic (exact) mass is 286 g/mol. The predicted octanol–water partition coefficient (Wildman–Crippen LogP) is 5.89. The van der Waals surface area contributed by atoms with Gasteiger partial charge in [-0.1, -0.05) is 98.8 Å². The SMILES string of the molecule is CC1C=CC(C)C(C=C(c2ccccc2)c2ccccc2)=C1. The molecule has 0 N–H and O–H groups in total. The molecule has 2 unspecified atom stereocenters. The van der Waals surface area contributed by atoms with E-state index in [1.165, 1.54) is 22.3 Å². The highest BCUT2D eigenvalue weighted by atomic mass is 14.2. The molecular formula is C22H22. The quantitative estimate of drug-likeness (QED) is 0.617. The van der Waals surface area contributed by atoms with E-state index >= 15 is 0 Å². The topological polar surface area (TPSA) is 0 Å². The largest absolute Gasteiger partial charge is 0.0813 e. The summed E-state index contributed by atoms with van der Waals surface area (Å²) in [6, 6.07) is 21.3. The second-order valence-corrected chi connectivity index (χ2v) is 5.99. The number of allylic oxidation sites excluding steroid dienone is 5. The van der Waals surface area contributed by atoms with Crippen molar-refractivity contribution in [2.75, 3.05) is 0 Å². The van der Waals surface area contributed by atoms with Gasteiger partial charge in [0.05, 0.1) is 0 Å². The average Bonchev–Trinajstić information content (AvgIpc) is 2.57. The van der Waals surface area contributed by atoms with Crippen LogP contribution in [-0.2, 0) is 0 Å². The molecule has 2 aromatic rings. The van der Waals surface area contributed by atoms with Crippen LogP contribution in [0, 0.1) is 11.8 Å². The predicted molar refractivity (Wildman–Crippen MR) is 95.5 cm³/mol. The molecule has 1 aliphatic rings. The van der Waals surface area contributed by atoms with Crippen molar-refractivity contribution in [3.05, 3.63) is 102 Å². The van der Waals surface area contributed by atoms with Crippen molar-refractivity contribution < 1.29 is 0 Å². The van der Waals surface area contributed by atoms with Crippen LogP contribution < -0.4 is 0 Å². The molecule has 0 bridgehead atoms. The van der Waals surface area contributed by atoms with Gasteiger partial charge < -0.3 is 0 Å². The normalized spacial score (nSPS) is 20.4. The van der Waals surface area contributed by atoms with Crippen molar-refractivity contribution in [3.63, 3.8) is 0 Å². The van der Waals surface area contributed by atoms with Gasteiger partial charge >= 0.3 is 0 Å². The Morgan fingerprint density at radius 1 is 0.773 bits per heavy atom. The summed E-state index contributed by atoms with van der Waals surface area (Å²) in [7, 11) is 0. The van der Waals surface area contributed by atoms with Gasteiger partial charge in [-0.25, -0.2) is 0 Å². The fraction of sp³-hybridized carbons (Fsp3) is 0.182. The van der Waals surface area contributed by atoms with Crippen LogP contribution in [0.15, 0.2) is 90.5 Å². The summed E-state index contributed by atoms with van der Waals surface area (Å²) in [5, 5.41) is 0. The lowest BCUT2D eigenvalue weighted by Crippen LogP contribution is -2.03. The minimum atomic E-state index is 0.471. The first-order chi connectivity index (χ1) is 10.7. The third-order valence-corrected chi connectivity index (χ3v) is 4.17. The van der Waals surface area contributed by atoms with E-state index in [9.17, 15) is 0 Å². The van der Waals surface area contributed by atoms with Crippen molar-refractivity contribution in [1.82, 2.24) is 0 Å². The lowest BCUT2D eigenvalue weighted by atomic mass is 9.87. The first-order valence-corrected chi connectivity index (χ1v) is 7.96. The van der Waals surface area contributed by atoms with Crippen LogP contribution in [0.2, 0.25) is 0 Å². The number of hydrogen-bond donors (Lipinski definition) is 0. The number of rotatable bonds is 3. The summed E-state index contributed by atoms with van der Waals surface area (Å²) < 4.78 is 0. The minimum Gasteiger partial charge on any atom is -0.0813 e. The molecule has 2 atom stereocenters. The first-order valence-electron chi connectivity index (χ1n) is 7.96. The summed E-state index contributed by atoms with van der Waals surface area (Å²) in [4.78, 5) is 0. The van der Waals surface area contributed by atoms with Crippen LogP contribution in [0.25, 0.3) is 5.57 Å². The van der Waals surface area contributed by atoms with Gasteiger partial charge in [0.1, 0.15) is 0 Å². The molecule has 0 amide bonds. The van der Waals surface area contributed by atoms with Crippen LogP contribution >= 0.6 is 0 Å². The molecular weight excluding hydrogens is 264 g/mol. The lowest BCUT2D eigenvalue weighted by Gasteiger charge is -2.18. The Labute approximate surface area is 133 Å². The second kappa shape index (κ2) is 6.62. The van der Waals surface area contributed by atoms with Gasteiger partial charge in [-0.05, 0) is 34.1 Å². The molecule has 0 spiro atoms. The summed E-state index contributed by atoms with van der Waals surface area (Å²) in [5.41, 5.74) is 5.23. The fourth-order valence-electron chi connectivity index (χ4n) is 2.88. The maximum Gasteiger partial charge on any atom is -0.00129 e. The van der Waals surface area contributed by atoms with Crippen molar-refractivity contribution in [2.45, 2.75) is 13.8 Å². The minimum absolute atomic E-state index is 0.471. The van der Waals surface area contributed by atoms with Gasteiger partial charge in [0.2, 0.25) is 0 Å². The molecule has 0 fully saturated rings. The molecule has 0 aliphatic heterocycles. The molecule has 0 heteroatoms. The maximum absolute atomic E-state index is 2.37. The fourth-order valence-corrected chi connectivity index (χ4v) is 2.88. The molecule has 1 aliphatic carbocycles. The highest BCUT2D eigenvalue weighted by Crippen LogP contribution is 2.30. The van der Waals surface area contributed by atoms with Crippen LogP contribution in [0.4, 0.5) is 0 Å². The first kappa shape index (κ1) is 14.6. The summed E-state index contributed by atoms with van der Waals surface area (Å²) >= 11 is 0. The summed E-state index contributed by atoms with van der Waals surface area (Å²) in [5.74, 6) is 0.980. The van der Waals surface area contributed by atoms with Crippen molar-refractivity contribution in [2.24, 2.45) is 11.8 Å². The van der Waals surface area contributed by atoms with Gasteiger partial charge in [0, 0.05) is 0 Å². The number of benzene rings is 2. The maximum atomic E-state index is 2.37. The van der Waals surface area contributed by atoms with Gasteiger partial charge in [-0.15, -0.1) is 0 Å². The van der Waals surface area contributed by atoms with Crippen LogP contribution in [0.1, 0.15) is 25.0 Å². The average molecular weight is 286 g/mol. The molecule has 3 rings (SSSR count). The molecule has 22 heavy (non-hydrogen) atoms. The molecule has 0 radical (unpaired) electrons. The molecule has 110 valence electrons. The Bertz CT molecular complexity index is 661. The van der Waals surface area contributed by atoms with E-state index in [2.05, 4.69) is 98.8 Å². The molecule has 2 aromatic carbocycles. The van der Waals surface area contributed by atoms with E-state index in [1.54, 1.807) is 0 Å². The molecule has 0 heterocycles. The van der Waals surface area contributed by atoms with Gasteiger partial charge in [0.25, 0.3) is 0 Å². The Kier molecular flexibility index (Phi) is 4.39. The number of hydrogen-bond acceptors (Lipinski definition) is 0. The van der Waals surface area contributed by atoms with Gasteiger partial charge in [0.15, 0.2) is 0 Å². The highest BCUT2D eigenvalue weighted by molar-refractivity contribution is 5.81. The Balaban J connectivity index is 2.08. The third-order valence-electron chi connectivity index (χ3n) is 4.17. The molecule has 0 saturated carbocycles. The smallest absolute Gasteiger partial charge is 0.00129 e. The zero-order valence-corrected chi connectivity index (χ0v) is 13.2. The van der Waals surface area contributed by atoms with E-state index in [4.69, 9.17) is 0 Å². The Morgan fingerprint density at radius 3 is 1.86 bits per heavy atom. The Morgan fingerprint density at radius 2 is 1.32 bits per heavy atom. The summed E-state index contributed by atoms with van der Waals surface area (Å²) in [6.07, 6.45) is 9.32. The molecule has 0 saturated heterocycles. The van der Waals surface area contributed by atoms with Crippen molar-refractivity contribution >= 4 is 5.57 Å². The standard InChI is InChI=1S/C22H22/c1-17-13-14-18(2)21(15-17)16-22(19-9-5-3-6-10-19)20-11-7-4-8-12-20/h3-18H,1-2H3. The van der Waals surface area contributed by atoms with Gasteiger partial charge in [-0.2, -0.15) is 0 Å². The van der Waals surface area contributed by atoms with Crippen molar-refractivity contribution in [3.8, 4) is 0 Å². The van der Waals surface area contributed by atoms with E-state index in [0.717, 1.165) is 0 Å². The molecule has 0 nitrogen and oxygen atoms in total. The second-order valence-electron chi connectivity index (χ2n) is 5.99. The van der Waals surface area contributed by atoms with Crippen LogP contribution in [0.3, 0.4) is 0 Å². The van der Waals surface area contributed by atoms with Crippen LogP contribution in [-0.4, -0.2) is 0 Å². The van der Waals surface area contributed by atoms with Gasteiger partial charge in [-0.3, -0.25) is 0 Å². The zero-order valence-electron chi connectivity index (χ0n) is 13.2.